The van der Waals surface area contributed by atoms with Crippen molar-refractivity contribution in [2.45, 2.75) is 23.2 Å². The number of rotatable bonds is 7. The Morgan fingerprint density at radius 2 is 2.08 bits per heavy atom. The molecule has 0 aliphatic carbocycles. The van der Waals surface area contributed by atoms with Crippen molar-refractivity contribution in [2.24, 2.45) is 5.10 Å². The Hall–Kier alpha value is -1.92. The van der Waals surface area contributed by atoms with E-state index in [-0.39, 0.29) is 11.2 Å². The van der Waals surface area contributed by atoms with Gasteiger partial charge in [-0.1, -0.05) is 30.3 Å². The Morgan fingerprint density at radius 1 is 1.28 bits per heavy atom. The second-order valence-corrected chi connectivity index (χ2v) is 8.15. The molecular formula is C19H20N2O2S2. The number of nitrogens with zero attached hydrogens (tertiary/aromatic N) is 1. The highest BCUT2D eigenvalue weighted by atomic mass is 32.2. The summed E-state index contributed by atoms with van der Waals surface area (Å²) in [5.74, 6) is 2.81. The number of thioether (sulfide) groups is 2. The summed E-state index contributed by atoms with van der Waals surface area (Å²) < 4.78 is 5.85. The molecule has 1 atom stereocenters. The quantitative estimate of drug-likeness (QED) is 0.456. The zero-order chi connectivity index (χ0) is 17.5. The first-order valence-corrected chi connectivity index (χ1v) is 10.1. The molecule has 1 saturated heterocycles. The van der Waals surface area contributed by atoms with Gasteiger partial charge in [0, 0.05) is 16.4 Å². The van der Waals surface area contributed by atoms with E-state index in [1.54, 1.807) is 6.21 Å². The summed E-state index contributed by atoms with van der Waals surface area (Å²) in [6.45, 7) is 1.87. The lowest BCUT2D eigenvalue weighted by molar-refractivity contribution is -0.120. The molecule has 1 heterocycles. The Kier molecular flexibility index (Phi) is 6.42. The van der Waals surface area contributed by atoms with E-state index >= 15 is 0 Å². The van der Waals surface area contributed by atoms with E-state index in [0.29, 0.717) is 6.10 Å². The molecule has 0 spiro atoms. The number of hydrogen-bond acceptors (Lipinski definition) is 5. The monoisotopic (exact) mass is 372 g/mol. The molecule has 0 saturated carbocycles. The molecule has 130 valence electrons. The fraction of sp³-hybridized carbons (Fsp3) is 0.263. The van der Waals surface area contributed by atoms with Crippen LogP contribution in [-0.2, 0) is 4.79 Å². The highest BCUT2D eigenvalue weighted by Crippen LogP contribution is 2.24. The summed E-state index contributed by atoms with van der Waals surface area (Å²) in [5.41, 5.74) is 3.50. The minimum atomic E-state index is -0.217. The largest absolute Gasteiger partial charge is 0.489 e. The molecule has 1 N–H and O–H groups in total. The molecule has 6 heteroatoms. The summed E-state index contributed by atoms with van der Waals surface area (Å²) in [6.07, 6.45) is 1.95. The van der Waals surface area contributed by atoms with Crippen molar-refractivity contribution >= 4 is 35.6 Å². The van der Waals surface area contributed by atoms with Gasteiger partial charge in [0.2, 0.25) is 0 Å². The molecule has 1 amide bonds. The van der Waals surface area contributed by atoms with Gasteiger partial charge in [0.05, 0.1) is 11.5 Å². The minimum absolute atomic E-state index is 0.121. The van der Waals surface area contributed by atoms with E-state index in [0.717, 1.165) is 27.7 Å². The van der Waals surface area contributed by atoms with E-state index in [9.17, 15) is 4.79 Å². The summed E-state index contributed by atoms with van der Waals surface area (Å²) in [4.78, 5) is 13.2. The Balaban J connectivity index is 1.50. The van der Waals surface area contributed by atoms with Crippen molar-refractivity contribution in [3.63, 3.8) is 0 Å². The average Bonchev–Trinajstić information content (AvgIpc) is 2.59. The number of benzene rings is 2. The van der Waals surface area contributed by atoms with E-state index in [4.69, 9.17) is 4.74 Å². The second-order valence-electron chi connectivity index (χ2n) is 5.66. The molecule has 4 nitrogen and oxygen atoms in total. The molecule has 0 unspecified atom stereocenters. The van der Waals surface area contributed by atoms with Gasteiger partial charge in [0.1, 0.15) is 11.9 Å². The van der Waals surface area contributed by atoms with Crippen LogP contribution in [0.5, 0.6) is 5.75 Å². The van der Waals surface area contributed by atoms with Crippen molar-refractivity contribution in [3.8, 4) is 5.75 Å². The topological polar surface area (TPSA) is 50.7 Å². The number of carbonyl (C=O) groups excluding carboxylic acids is 1. The van der Waals surface area contributed by atoms with E-state index < -0.39 is 0 Å². The number of nitrogens with one attached hydrogen (secondary N) is 1. The number of hydrogen-bond donors (Lipinski definition) is 1. The first-order valence-electron chi connectivity index (χ1n) is 8.10. The average molecular weight is 373 g/mol. The van der Waals surface area contributed by atoms with Gasteiger partial charge in [-0.05, 0) is 36.8 Å². The van der Waals surface area contributed by atoms with Gasteiger partial charge < -0.3 is 4.74 Å². The predicted octanol–water partition coefficient (Wildman–Crippen LogP) is 3.81. The molecule has 1 fully saturated rings. The van der Waals surface area contributed by atoms with Crippen LogP contribution in [0, 0.1) is 0 Å². The maximum atomic E-state index is 12.1. The minimum Gasteiger partial charge on any atom is -0.489 e. The fourth-order valence-corrected chi connectivity index (χ4v) is 3.61. The smallest absolute Gasteiger partial charge is 0.253 e. The summed E-state index contributed by atoms with van der Waals surface area (Å²) >= 11 is 3.40. The van der Waals surface area contributed by atoms with Crippen LogP contribution in [0.25, 0.3) is 0 Å². The molecule has 2 aromatic rings. The Morgan fingerprint density at radius 3 is 2.80 bits per heavy atom. The van der Waals surface area contributed by atoms with Gasteiger partial charge in [-0.2, -0.15) is 16.9 Å². The van der Waals surface area contributed by atoms with Crippen molar-refractivity contribution in [1.82, 2.24) is 5.43 Å². The highest BCUT2D eigenvalue weighted by Gasteiger charge is 2.19. The van der Waals surface area contributed by atoms with Gasteiger partial charge >= 0.3 is 0 Å². The van der Waals surface area contributed by atoms with Gasteiger partial charge in [-0.15, -0.1) is 11.8 Å². The normalized spacial score (nSPS) is 15.6. The van der Waals surface area contributed by atoms with Crippen LogP contribution >= 0.6 is 23.5 Å². The van der Waals surface area contributed by atoms with Crippen LogP contribution in [0.1, 0.15) is 12.5 Å². The number of carbonyl (C=O) groups is 1. The van der Waals surface area contributed by atoms with Crippen molar-refractivity contribution < 1.29 is 9.53 Å². The molecule has 2 aromatic carbocycles. The first kappa shape index (κ1) is 17.9. The van der Waals surface area contributed by atoms with E-state index in [1.165, 1.54) is 11.8 Å². The van der Waals surface area contributed by atoms with Gasteiger partial charge in [-0.3, -0.25) is 4.79 Å². The SMILES string of the molecule is C[C@@H](Sc1ccccc1)C(=O)N/N=C\c1cccc(OC2CSC2)c1. The summed E-state index contributed by atoms with van der Waals surface area (Å²) in [7, 11) is 0. The van der Waals surface area contributed by atoms with Gasteiger partial charge in [-0.25, -0.2) is 5.43 Å². The maximum Gasteiger partial charge on any atom is 0.253 e. The van der Waals surface area contributed by atoms with Crippen LogP contribution in [-0.4, -0.2) is 35.0 Å². The standard InChI is InChI=1S/C19H20N2O2S2/c1-14(25-18-8-3-2-4-9-18)19(22)21-20-11-15-6-5-7-16(10-15)23-17-12-24-13-17/h2-11,14,17H,12-13H2,1H3,(H,21,22)/b20-11-/t14-/m1/s1. The summed E-state index contributed by atoms with van der Waals surface area (Å²) in [5, 5.41) is 3.84. The highest BCUT2D eigenvalue weighted by molar-refractivity contribution is 8.00. The van der Waals surface area contributed by atoms with E-state index in [1.807, 2.05) is 73.3 Å². The Labute approximate surface area is 156 Å². The predicted molar refractivity (Wildman–Crippen MR) is 106 cm³/mol. The summed E-state index contributed by atoms with van der Waals surface area (Å²) in [6, 6.07) is 17.6. The number of ether oxygens (including phenoxy) is 1. The molecule has 25 heavy (non-hydrogen) atoms. The second kappa shape index (κ2) is 8.97. The zero-order valence-corrected chi connectivity index (χ0v) is 15.6. The maximum absolute atomic E-state index is 12.1. The third-order valence-corrected chi connectivity index (χ3v) is 5.91. The van der Waals surface area contributed by atoms with E-state index in [2.05, 4.69) is 10.5 Å². The van der Waals surface area contributed by atoms with Crippen molar-refractivity contribution in [1.29, 1.82) is 0 Å². The third kappa shape index (κ3) is 5.54. The molecule has 1 aliphatic heterocycles. The molecule has 0 bridgehead atoms. The third-order valence-electron chi connectivity index (χ3n) is 3.58. The van der Waals surface area contributed by atoms with Crippen LogP contribution in [0.4, 0.5) is 0 Å². The molecule has 1 aliphatic rings. The van der Waals surface area contributed by atoms with Gasteiger partial charge in [0.25, 0.3) is 5.91 Å². The van der Waals surface area contributed by atoms with Crippen LogP contribution in [0.15, 0.2) is 64.6 Å². The van der Waals surface area contributed by atoms with Crippen molar-refractivity contribution in [3.05, 3.63) is 60.2 Å². The number of amides is 1. The first-order chi connectivity index (χ1) is 12.2. The molecule has 0 radical (unpaired) electrons. The molecular weight excluding hydrogens is 352 g/mol. The van der Waals surface area contributed by atoms with Crippen LogP contribution in [0.2, 0.25) is 0 Å². The van der Waals surface area contributed by atoms with Crippen LogP contribution < -0.4 is 10.2 Å². The number of hydrazone groups is 1. The van der Waals surface area contributed by atoms with Crippen molar-refractivity contribution in [2.75, 3.05) is 11.5 Å². The van der Waals surface area contributed by atoms with Gasteiger partial charge in [0.15, 0.2) is 0 Å². The lowest BCUT2D eigenvalue weighted by Crippen LogP contribution is -2.31. The van der Waals surface area contributed by atoms with Crippen LogP contribution in [0.3, 0.4) is 0 Å². The zero-order valence-electron chi connectivity index (χ0n) is 13.9. The Bertz CT molecular complexity index is 733. The molecule has 3 rings (SSSR count). The lowest BCUT2D eigenvalue weighted by atomic mass is 10.2. The molecule has 0 aromatic heterocycles. The fourth-order valence-electron chi connectivity index (χ4n) is 2.16. The lowest BCUT2D eigenvalue weighted by Gasteiger charge is -2.25.